The molecule has 0 atom stereocenters. The lowest BCUT2D eigenvalue weighted by Crippen LogP contribution is -2.50. The van der Waals surface area contributed by atoms with Gasteiger partial charge in [-0.05, 0) is 29.7 Å². The summed E-state index contributed by atoms with van der Waals surface area (Å²) in [5.41, 5.74) is 6.81. The Kier molecular flexibility index (Phi) is 5.64. The maximum absolute atomic E-state index is 13.1. The summed E-state index contributed by atoms with van der Waals surface area (Å²) in [5, 5.41) is 5.41. The number of hydrogen-bond acceptors (Lipinski definition) is 6. The van der Waals surface area contributed by atoms with Gasteiger partial charge in [0.15, 0.2) is 0 Å². The monoisotopic (exact) mass is 411 g/mol. The van der Waals surface area contributed by atoms with Crippen molar-refractivity contribution in [1.29, 1.82) is 0 Å². The average molecular weight is 411 g/mol. The molecule has 1 aromatic heterocycles. The molecule has 0 unspecified atom stereocenters. The summed E-state index contributed by atoms with van der Waals surface area (Å²) in [6.45, 7) is 6.16. The van der Waals surface area contributed by atoms with Gasteiger partial charge in [-0.1, -0.05) is 20.8 Å². The SMILES string of the molecule is COc1c(C(=O)Nc2ccc(N)nc2)cc(N2C(=O)CCNC2=O)cc1C(C)(C)C. The fourth-order valence-corrected chi connectivity index (χ4v) is 3.21. The molecular weight excluding hydrogens is 386 g/mol. The van der Waals surface area contributed by atoms with Gasteiger partial charge in [0, 0.05) is 18.5 Å². The van der Waals surface area contributed by atoms with Crippen LogP contribution in [-0.4, -0.2) is 36.5 Å². The molecule has 0 spiro atoms. The minimum atomic E-state index is -0.523. The highest BCUT2D eigenvalue weighted by atomic mass is 16.5. The van der Waals surface area contributed by atoms with Crippen molar-refractivity contribution in [2.45, 2.75) is 32.6 Å². The van der Waals surface area contributed by atoms with Crippen LogP contribution in [-0.2, 0) is 10.2 Å². The molecule has 1 aromatic carbocycles. The van der Waals surface area contributed by atoms with Crippen LogP contribution in [0.15, 0.2) is 30.5 Å². The summed E-state index contributed by atoms with van der Waals surface area (Å²) in [6.07, 6.45) is 1.62. The highest BCUT2D eigenvalue weighted by Crippen LogP contribution is 2.38. The first kappa shape index (κ1) is 21.1. The molecule has 30 heavy (non-hydrogen) atoms. The number of benzene rings is 1. The average Bonchev–Trinajstić information content (AvgIpc) is 2.68. The Bertz CT molecular complexity index is 980. The molecule has 0 aliphatic carbocycles. The van der Waals surface area contributed by atoms with E-state index in [1.807, 2.05) is 20.8 Å². The van der Waals surface area contributed by atoms with E-state index in [4.69, 9.17) is 10.5 Å². The number of nitrogens with one attached hydrogen (secondary N) is 2. The number of nitrogens with two attached hydrogens (primary N) is 1. The van der Waals surface area contributed by atoms with Crippen LogP contribution in [0.5, 0.6) is 5.75 Å². The Hall–Kier alpha value is -3.62. The van der Waals surface area contributed by atoms with Crippen LogP contribution < -0.4 is 26.0 Å². The number of rotatable bonds is 4. The largest absolute Gasteiger partial charge is 0.496 e. The molecule has 4 amide bonds. The second-order valence-electron chi connectivity index (χ2n) is 7.96. The molecule has 1 aliphatic heterocycles. The summed E-state index contributed by atoms with van der Waals surface area (Å²) in [7, 11) is 1.48. The Balaban J connectivity index is 2.12. The smallest absolute Gasteiger partial charge is 0.328 e. The Morgan fingerprint density at radius 1 is 1.27 bits per heavy atom. The fraction of sp³-hybridized carbons (Fsp3) is 0.333. The molecule has 2 aromatic rings. The molecule has 4 N–H and O–H groups in total. The highest BCUT2D eigenvalue weighted by Gasteiger charge is 2.32. The van der Waals surface area contributed by atoms with E-state index in [0.717, 1.165) is 4.90 Å². The zero-order valence-corrected chi connectivity index (χ0v) is 17.4. The van der Waals surface area contributed by atoms with Gasteiger partial charge < -0.3 is 21.1 Å². The van der Waals surface area contributed by atoms with Gasteiger partial charge in [-0.3, -0.25) is 9.59 Å². The lowest BCUT2D eigenvalue weighted by atomic mass is 9.84. The third-order valence-corrected chi connectivity index (χ3v) is 4.70. The van der Waals surface area contributed by atoms with Crippen LogP contribution in [0.2, 0.25) is 0 Å². The van der Waals surface area contributed by atoms with Gasteiger partial charge in [-0.25, -0.2) is 14.7 Å². The van der Waals surface area contributed by atoms with Crippen LogP contribution in [0.1, 0.15) is 43.1 Å². The summed E-state index contributed by atoms with van der Waals surface area (Å²) in [6, 6.07) is 5.87. The first-order valence-corrected chi connectivity index (χ1v) is 9.48. The molecule has 0 saturated carbocycles. The third-order valence-electron chi connectivity index (χ3n) is 4.70. The number of nitrogen functional groups attached to an aromatic ring is 1. The van der Waals surface area contributed by atoms with E-state index in [1.54, 1.807) is 18.2 Å². The predicted molar refractivity (Wildman–Crippen MR) is 114 cm³/mol. The van der Waals surface area contributed by atoms with Gasteiger partial charge in [0.2, 0.25) is 5.91 Å². The van der Waals surface area contributed by atoms with E-state index in [2.05, 4.69) is 15.6 Å². The minimum absolute atomic E-state index is 0.182. The standard InChI is InChI=1S/C21H25N5O4/c1-21(2,3)15-10-13(26-17(27)7-8-23-20(26)29)9-14(18(15)30-4)19(28)25-12-5-6-16(22)24-11-12/h5-6,9-11H,7-8H2,1-4H3,(H2,22,24)(H,23,29)(H,25,28). The topological polar surface area (TPSA) is 127 Å². The van der Waals surface area contributed by atoms with Gasteiger partial charge in [0.25, 0.3) is 5.91 Å². The van der Waals surface area contributed by atoms with Crippen molar-refractivity contribution >= 4 is 35.0 Å². The summed E-state index contributed by atoms with van der Waals surface area (Å²) < 4.78 is 5.58. The number of imide groups is 1. The number of anilines is 3. The number of aromatic nitrogens is 1. The van der Waals surface area contributed by atoms with Crippen LogP contribution in [0.3, 0.4) is 0 Å². The molecule has 1 saturated heterocycles. The molecule has 0 radical (unpaired) electrons. The van der Waals surface area contributed by atoms with Crippen LogP contribution in [0.25, 0.3) is 0 Å². The molecule has 0 bridgehead atoms. The number of ether oxygens (including phenoxy) is 1. The molecule has 9 heteroatoms. The number of carbonyl (C=O) groups excluding carboxylic acids is 3. The quantitative estimate of drug-likeness (QED) is 0.710. The molecule has 2 heterocycles. The normalized spacial score (nSPS) is 14.3. The van der Waals surface area contributed by atoms with E-state index in [9.17, 15) is 14.4 Å². The third kappa shape index (κ3) is 4.19. The Morgan fingerprint density at radius 2 is 2.00 bits per heavy atom. The highest BCUT2D eigenvalue weighted by molar-refractivity contribution is 6.17. The zero-order valence-electron chi connectivity index (χ0n) is 17.4. The van der Waals surface area contributed by atoms with E-state index in [-0.39, 0.29) is 24.4 Å². The molecule has 1 fully saturated rings. The summed E-state index contributed by atoms with van der Waals surface area (Å²) >= 11 is 0. The summed E-state index contributed by atoms with van der Waals surface area (Å²) in [4.78, 5) is 42.9. The van der Waals surface area contributed by atoms with Crippen LogP contribution in [0, 0.1) is 0 Å². The zero-order chi connectivity index (χ0) is 22.1. The maximum Gasteiger partial charge on any atom is 0.328 e. The van der Waals surface area contributed by atoms with Crippen molar-refractivity contribution in [2.75, 3.05) is 29.6 Å². The lowest BCUT2D eigenvalue weighted by molar-refractivity contribution is -0.118. The van der Waals surface area contributed by atoms with E-state index >= 15 is 0 Å². The second kappa shape index (κ2) is 8.02. The number of pyridine rings is 1. The number of nitrogens with zero attached hydrogens (tertiary/aromatic N) is 2. The van der Waals surface area contributed by atoms with E-state index in [1.165, 1.54) is 19.4 Å². The lowest BCUT2D eigenvalue weighted by Gasteiger charge is -2.30. The van der Waals surface area contributed by atoms with Crippen molar-refractivity contribution in [3.05, 3.63) is 41.6 Å². The molecule has 158 valence electrons. The van der Waals surface area contributed by atoms with Gasteiger partial charge in [0.1, 0.15) is 11.6 Å². The number of methoxy groups -OCH3 is 1. The van der Waals surface area contributed by atoms with Crippen molar-refractivity contribution in [3.8, 4) is 5.75 Å². The number of urea groups is 1. The van der Waals surface area contributed by atoms with Gasteiger partial charge >= 0.3 is 6.03 Å². The van der Waals surface area contributed by atoms with Crippen molar-refractivity contribution in [3.63, 3.8) is 0 Å². The fourth-order valence-electron chi connectivity index (χ4n) is 3.21. The molecule has 3 rings (SSSR count). The first-order chi connectivity index (χ1) is 14.1. The van der Waals surface area contributed by atoms with E-state index in [0.29, 0.717) is 28.5 Å². The maximum atomic E-state index is 13.1. The van der Waals surface area contributed by atoms with Gasteiger partial charge in [-0.2, -0.15) is 0 Å². The molecular formula is C21H25N5O4. The van der Waals surface area contributed by atoms with Crippen molar-refractivity contribution < 1.29 is 19.1 Å². The Morgan fingerprint density at radius 3 is 2.57 bits per heavy atom. The molecule has 9 nitrogen and oxygen atoms in total. The Labute approximate surface area is 174 Å². The van der Waals surface area contributed by atoms with Crippen molar-refractivity contribution in [2.24, 2.45) is 0 Å². The predicted octanol–water partition coefficient (Wildman–Crippen LogP) is 2.67. The number of hydrogen-bond donors (Lipinski definition) is 3. The summed E-state index contributed by atoms with van der Waals surface area (Å²) in [5.74, 6) is -0.0947. The number of amides is 4. The van der Waals surface area contributed by atoms with Crippen molar-refractivity contribution in [1.82, 2.24) is 10.3 Å². The van der Waals surface area contributed by atoms with Crippen LogP contribution >= 0.6 is 0 Å². The van der Waals surface area contributed by atoms with Gasteiger partial charge in [0.05, 0.1) is 30.2 Å². The first-order valence-electron chi connectivity index (χ1n) is 9.48. The van der Waals surface area contributed by atoms with E-state index < -0.39 is 17.4 Å². The van der Waals surface area contributed by atoms with Gasteiger partial charge in [-0.15, -0.1) is 0 Å². The van der Waals surface area contributed by atoms with Crippen LogP contribution in [0.4, 0.5) is 22.0 Å². The number of carbonyl (C=O) groups is 3. The second-order valence-corrected chi connectivity index (χ2v) is 7.96. The minimum Gasteiger partial charge on any atom is -0.496 e. The molecule has 1 aliphatic rings.